The molecule has 0 heterocycles. The Labute approximate surface area is 257 Å². The molecule has 2 aromatic rings. The first-order chi connectivity index (χ1) is 21.5. The third kappa shape index (κ3) is 3.42. The van der Waals surface area contributed by atoms with E-state index in [2.05, 4.69) is 0 Å². The summed E-state index contributed by atoms with van der Waals surface area (Å²) in [5.41, 5.74) is -9.23. The molecule has 2 atom stereocenters. The minimum atomic E-state index is -2.33. The van der Waals surface area contributed by atoms with E-state index in [0.29, 0.717) is 0 Å². The van der Waals surface area contributed by atoms with Gasteiger partial charge in [-0.1, -0.05) is 43.3 Å². The molecule has 2 unspecified atom stereocenters. The van der Waals surface area contributed by atoms with E-state index in [4.69, 9.17) is 28.4 Å². The Morgan fingerprint density at radius 3 is 1.20 bits per heavy atom. The standard InChI is InChI=1S/C33H30O12/c1-7-31-30(2)20(26(36)40-3)22(44-24(34)18-14-10-8-11-15-18)32(31,28(38)42-5)33(31,29(39)43-6)23(21(30)27(37)41-4)45-25(35)19-16-12-9-13-17-19/h8-17H,7H2,1-6H3. The van der Waals surface area contributed by atoms with E-state index in [9.17, 15) is 28.8 Å². The fourth-order valence-corrected chi connectivity index (χ4v) is 8.02. The second kappa shape index (κ2) is 10.7. The zero-order valence-electron chi connectivity index (χ0n) is 25.4. The molecule has 1 saturated carbocycles. The number of fused-ring (bicyclic) bond motifs is 1. The highest BCUT2D eigenvalue weighted by atomic mass is 16.6. The van der Waals surface area contributed by atoms with Gasteiger partial charge in [-0.25, -0.2) is 19.2 Å². The first-order valence-electron chi connectivity index (χ1n) is 13.9. The summed E-state index contributed by atoms with van der Waals surface area (Å²) in [4.78, 5) is 83.2. The van der Waals surface area contributed by atoms with E-state index < -0.39 is 80.1 Å². The highest BCUT2D eigenvalue weighted by molar-refractivity contribution is 6.15. The second-order valence-corrected chi connectivity index (χ2v) is 10.8. The van der Waals surface area contributed by atoms with Gasteiger partial charge in [0.05, 0.1) is 50.7 Å². The summed E-state index contributed by atoms with van der Waals surface area (Å²) in [6.45, 7) is 3.01. The van der Waals surface area contributed by atoms with E-state index in [1.165, 1.54) is 31.2 Å². The number of rotatable bonds is 9. The second-order valence-electron chi connectivity index (χ2n) is 10.8. The van der Waals surface area contributed by atoms with E-state index in [-0.39, 0.29) is 17.5 Å². The van der Waals surface area contributed by atoms with Gasteiger partial charge < -0.3 is 28.4 Å². The number of carbonyl (C=O) groups excluding carboxylic acids is 6. The fourth-order valence-electron chi connectivity index (χ4n) is 8.02. The molecule has 2 aromatic carbocycles. The van der Waals surface area contributed by atoms with Crippen LogP contribution in [0.5, 0.6) is 0 Å². The monoisotopic (exact) mass is 618 g/mol. The van der Waals surface area contributed by atoms with Gasteiger partial charge in [0.1, 0.15) is 11.5 Å². The average Bonchev–Trinajstić information content (AvgIpc) is 3.54. The van der Waals surface area contributed by atoms with E-state index in [1.54, 1.807) is 43.3 Å². The van der Waals surface area contributed by atoms with Crippen molar-refractivity contribution in [1.29, 1.82) is 0 Å². The van der Waals surface area contributed by atoms with Gasteiger partial charge in [-0.2, -0.15) is 0 Å². The van der Waals surface area contributed by atoms with Crippen molar-refractivity contribution in [2.24, 2.45) is 21.7 Å². The predicted octanol–water partition coefficient (Wildman–Crippen LogP) is 3.32. The van der Waals surface area contributed by atoms with Crippen molar-refractivity contribution >= 4 is 35.8 Å². The normalized spacial score (nSPS) is 27.2. The first kappa shape index (κ1) is 31.2. The van der Waals surface area contributed by atoms with Crippen molar-refractivity contribution in [3.05, 3.63) is 94.5 Å². The Bertz CT molecular complexity index is 1590. The molecule has 12 heteroatoms. The number of carbonyl (C=O) groups is 6. The summed E-state index contributed by atoms with van der Waals surface area (Å²) >= 11 is 0. The Kier molecular flexibility index (Phi) is 7.43. The molecular weight excluding hydrogens is 588 g/mol. The molecule has 0 aromatic heterocycles. The molecule has 0 N–H and O–H groups in total. The summed E-state index contributed by atoms with van der Waals surface area (Å²) in [5, 5.41) is 0. The molecule has 0 aliphatic heterocycles. The SMILES string of the molecule is CCC12C3(C)C(C(=O)OC)=C(OC(=O)c4ccccc4)C1(C(=O)OC)C2(C(=O)OC)C(OC(=O)c1ccccc1)=C3C(=O)OC. The van der Waals surface area contributed by atoms with Gasteiger partial charge in [-0.3, -0.25) is 9.59 Å². The maximum atomic E-state index is 14.2. The molecule has 0 bridgehead atoms. The summed E-state index contributed by atoms with van der Waals surface area (Å²) in [6.07, 6.45) is -0.118. The minimum Gasteiger partial charge on any atom is -0.468 e. The highest BCUT2D eigenvalue weighted by Gasteiger charge is 3.09. The maximum absolute atomic E-state index is 14.2. The van der Waals surface area contributed by atoms with Crippen LogP contribution < -0.4 is 0 Å². The van der Waals surface area contributed by atoms with Crippen molar-refractivity contribution in [3.63, 3.8) is 0 Å². The summed E-state index contributed by atoms with van der Waals surface area (Å²) in [5.74, 6) is -7.51. The van der Waals surface area contributed by atoms with Crippen molar-refractivity contribution in [3.8, 4) is 0 Å². The molecule has 12 nitrogen and oxygen atoms in total. The van der Waals surface area contributed by atoms with Gasteiger partial charge in [0.2, 0.25) is 0 Å². The van der Waals surface area contributed by atoms with E-state index in [0.717, 1.165) is 28.4 Å². The molecule has 1 fully saturated rings. The molecule has 0 spiro atoms. The molecule has 5 rings (SSSR count). The molecule has 0 amide bonds. The number of hydrogen-bond donors (Lipinski definition) is 0. The van der Waals surface area contributed by atoms with Gasteiger partial charge in [0, 0.05) is 10.8 Å². The lowest BCUT2D eigenvalue weighted by atomic mass is 9.65. The van der Waals surface area contributed by atoms with Crippen LogP contribution in [0, 0.1) is 21.7 Å². The molecule has 3 aliphatic carbocycles. The molecule has 0 saturated heterocycles. The summed E-state index contributed by atoms with van der Waals surface area (Å²) in [7, 11) is 4.21. The summed E-state index contributed by atoms with van der Waals surface area (Å²) < 4.78 is 32.6. The predicted molar refractivity (Wildman–Crippen MR) is 152 cm³/mol. The lowest BCUT2D eigenvalue weighted by molar-refractivity contribution is -0.157. The van der Waals surface area contributed by atoms with Crippen LogP contribution in [0.15, 0.2) is 83.3 Å². The van der Waals surface area contributed by atoms with Crippen LogP contribution >= 0.6 is 0 Å². The number of hydrogen-bond acceptors (Lipinski definition) is 12. The topological polar surface area (TPSA) is 158 Å². The summed E-state index contributed by atoms with van der Waals surface area (Å²) in [6, 6.07) is 15.4. The quantitative estimate of drug-likeness (QED) is 0.299. The number of ether oxygens (including phenoxy) is 6. The molecule has 0 radical (unpaired) electrons. The molecule has 45 heavy (non-hydrogen) atoms. The van der Waals surface area contributed by atoms with Crippen molar-refractivity contribution in [2.75, 3.05) is 28.4 Å². The smallest absolute Gasteiger partial charge is 0.343 e. The van der Waals surface area contributed by atoms with Crippen molar-refractivity contribution in [2.45, 2.75) is 20.3 Å². The third-order valence-corrected chi connectivity index (χ3v) is 9.47. The van der Waals surface area contributed by atoms with Crippen LogP contribution in [0.2, 0.25) is 0 Å². The number of esters is 6. The molecular formula is C33H30O12. The van der Waals surface area contributed by atoms with Crippen molar-refractivity contribution < 1.29 is 57.2 Å². The van der Waals surface area contributed by atoms with E-state index >= 15 is 0 Å². The van der Waals surface area contributed by atoms with Gasteiger partial charge in [0.25, 0.3) is 0 Å². The Morgan fingerprint density at radius 1 is 0.556 bits per heavy atom. The van der Waals surface area contributed by atoms with E-state index in [1.807, 2.05) is 0 Å². The van der Waals surface area contributed by atoms with Gasteiger partial charge in [-0.15, -0.1) is 0 Å². The third-order valence-electron chi connectivity index (χ3n) is 9.47. The lowest BCUT2D eigenvalue weighted by Crippen LogP contribution is -2.38. The van der Waals surface area contributed by atoms with Gasteiger partial charge >= 0.3 is 35.8 Å². The highest BCUT2D eigenvalue weighted by Crippen LogP contribution is 2.99. The van der Waals surface area contributed by atoms with Crippen LogP contribution in [-0.4, -0.2) is 64.3 Å². The zero-order chi connectivity index (χ0) is 32.9. The average molecular weight is 619 g/mol. The molecule has 234 valence electrons. The van der Waals surface area contributed by atoms with Crippen LogP contribution in [0.1, 0.15) is 41.0 Å². The minimum absolute atomic E-state index is 0.0466. The van der Waals surface area contributed by atoms with Crippen LogP contribution in [0.25, 0.3) is 0 Å². The van der Waals surface area contributed by atoms with Crippen LogP contribution in [0.3, 0.4) is 0 Å². The van der Waals surface area contributed by atoms with Crippen LogP contribution in [0.4, 0.5) is 0 Å². The lowest BCUT2D eigenvalue weighted by Gasteiger charge is -2.34. The Hall–Kier alpha value is -5.26. The van der Waals surface area contributed by atoms with Gasteiger partial charge in [-0.05, 0) is 37.6 Å². The van der Waals surface area contributed by atoms with Gasteiger partial charge in [0.15, 0.2) is 10.8 Å². The Morgan fingerprint density at radius 2 is 0.911 bits per heavy atom. The van der Waals surface area contributed by atoms with Crippen molar-refractivity contribution in [1.82, 2.24) is 0 Å². The Balaban J connectivity index is 1.92. The number of benzene rings is 2. The van der Waals surface area contributed by atoms with Crippen LogP contribution in [-0.2, 0) is 47.6 Å². The maximum Gasteiger partial charge on any atom is 0.343 e. The fraction of sp³-hybridized carbons (Fsp3) is 0.333. The first-order valence-corrected chi connectivity index (χ1v) is 13.9. The number of methoxy groups -OCH3 is 4. The zero-order valence-corrected chi connectivity index (χ0v) is 25.4. The largest absolute Gasteiger partial charge is 0.468 e. The molecule has 3 aliphatic rings.